The molecule has 0 bridgehead atoms. The lowest BCUT2D eigenvalue weighted by Crippen LogP contribution is -2.23. The summed E-state index contributed by atoms with van der Waals surface area (Å²) in [5, 5.41) is 5.43. The lowest BCUT2D eigenvalue weighted by molar-refractivity contribution is -0.116. The van der Waals surface area contributed by atoms with E-state index >= 15 is 0 Å². The van der Waals surface area contributed by atoms with Gasteiger partial charge in [-0.25, -0.2) is 13.8 Å². The van der Waals surface area contributed by atoms with Crippen LogP contribution in [0, 0.1) is 18.6 Å². The van der Waals surface area contributed by atoms with E-state index < -0.39 is 11.6 Å². The van der Waals surface area contributed by atoms with Crippen molar-refractivity contribution < 1.29 is 13.6 Å². The number of H-pyrrole nitrogens is 1. The van der Waals surface area contributed by atoms with Crippen LogP contribution in [0.5, 0.6) is 0 Å². The van der Waals surface area contributed by atoms with Gasteiger partial charge in [0, 0.05) is 34.6 Å². The van der Waals surface area contributed by atoms with Crippen molar-refractivity contribution in [3.63, 3.8) is 0 Å². The molecule has 5 nitrogen and oxygen atoms in total. The van der Waals surface area contributed by atoms with Gasteiger partial charge in [0.25, 0.3) is 0 Å². The highest BCUT2D eigenvalue weighted by atomic mass is 32.1. The van der Waals surface area contributed by atoms with Gasteiger partial charge in [-0.1, -0.05) is 24.3 Å². The van der Waals surface area contributed by atoms with Crippen LogP contribution >= 0.6 is 11.3 Å². The molecular formula is C23H20F2N4OS. The van der Waals surface area contributed by atoms with Crippen LogP contribution in [-0.2, 0) is 11.2 Å². The third-order valence-corrected chi connectivity index (χ3v) is 5.67. The highest BCUT2D eigenvalue weighted by Gasteiger charge is 2.15. The summed E-state index contributed by atoms with van der Waals surface area (Å²) in [7, 11) is 0. The zero-order chi connectivity index (χ0) is 22.0. The van der Waals surface area contributed by atoms with E-state index in [-0.39, 0.29) is 16.8 Å². The third kappa shape index (κ3) is 4.49. The number of fused-ring (bicyclic) bond motifs is 1. The number of hydrogen-bond donors (Lipinski definition) is 3. The molecule has 2 aromatic heterocycles. The Balaban J connectivity index is 1.36. The van der Waals surface area contributed by atoms with Gasteiger partial charge in [0.15, 0.2) is 5.13 Å². The van der Waals surface area contributed by atoms with E-state index in [2.05, 4.69) is 15.3 Å². The van der Waals surface area contributed by atoms with E-state index in [0.29, 0.717) is 29.4 Å². The van der Waals surface area contributed by atoms with Crippen molar-refractivity contribution >= 4 is 39.4 Å². The average molecular weight is 439 g/mol. The summed E-state index contributed by atoms with van der Waals surface area (Å²) in [6.45, 7) is 2.07. The molecule has 0 saturated carbocycles. The Morgan fingerprint density at radius 1 is 1.19 bits per heavy atom. The number of nitrogens with two attached hydrogens (primary N) is 1. The number of aromatic nitrogens is 2. The first-order chi connectivity index (χ1) is 14.9. The molecule has 0 atom stereocenters. The van der Waals surface area contributed by atoms with Gasteiger partial charge in [-0.2, -0.15) is 0 Å². The summed E-state index contributed by atoms with van der Waals surface area (Å²) in [5.41, 5.74) is 9.80. The van der Waals surface area contributed by atoms with Crippen molar-refractivity contribution in [3.8, 4) is 11.3 Å². The van der Waals surface area contributed by atoms with E-state index in [1.165, 1.54) is 17.4 Å². The van der Waals surface area contributed by atoms with E-state index in [0.717, 1.165) is 29.0 Å². The van der Waals surface area contributed by atoms with Crippen molar-refractivity contribution in [2.45, 2.75) is 13.3 Å². The Bertz CT molecular complexity index is 1270. The van der Waals surface area contributed by atoms with E-state index in [4.69, 9.17) is 5.73 Å². The van der Waals surface area contributed by atoms with Crippen molar-refractivity contribution in [1.29, 1.82) is 0 Å². The number of carbonyl (C=O) groups excluding carboxylic acids is 1. The van der Waals surface area contributed by atoms with E-state index in [1.807, 2.05) is 29.6 Å². The molecule has 0 aliphatic rings. The SMILES string of the molecule is Cc1[nH]c2c(F)ccc(F)c2c1CCNC(=O)C=Cc1ccc(-c2csc(N)n2)cc1. The number of aromatic amines is 1. The molecule has 4 N–H and O–H groups in total. The Hall–Kier alpha value is -3.52. The molecule has 0 saturated heterocycles. The smallest absolute Gasteiger partial charge is 0.244 e. The van der Waals surface area contributed by atoms with Crippen LogP contribution in [0.25, 0.3) is 28.2 Å². The molecule has 0 fully saturated rings. The molecule has 8 heteroatoms. The van der Waals surface area contributed by atoms with Gasteiger partial charge in [-0.15, -0.1) is 11.3 Å². The molecule has 31 heavy (non-hydrogen) atoms. The molecule has 0 aliphatic carbocycles. The molecule has 2 heterocycles. The summed E-state index contributed by atoms with van der Waals surface area (Å²) >= 11 is 1.39. The number of aryl methyl sites for hydroxylation is 1. The Morgan fingerprint density at radius 2 is 1.94 bits per heavy atom. The van der Waals surface area contributed by atoms with Gasteiger partial charge < -0.3 is 16.0 Å². The van der Waals surface area contributed by atoms with Gasteiger partial charge in [0.05, 0.1) is 11.2 Å². The van der Waals surface area contributed by atoms with Gasteiger partial charge in [0.1, 0.15) is 11.6 Å². The maximum Gasteiger partial charge on any atom is 0.244 e. The second-order valence-electron chi connectivity index (χ2n) is 7.08. The number of nitrogens with zero attached hydrogens (tertiary/aromatic N) is 1. The highest BCUT2D eigenvalue weighted by Crippen LogP contribution is 2.27. The number of nitrogen functional groups attached to an aromatic ring is 1. The Morgan fingerprint density at radius 3 is 2.65 bits per heavy atom. The largest absolute Gasteiger partial charge is 0.375 e. The van der Waals surface area contributed by atoms with Crippen LogP contribution in [-0.4, -0.2) is 22.4 Å². The number of rotatable bonds is 6. The second kappa shape index (κ2) is 8.69. The Labute approximate surface area is 181 Å². The molecule has 2 aromatic carbocycles. The van der Waals surface area contributed by atoms with Crippen LogP contribution < -0.4 is 11.1 Å². The van der Waals surface area contributed by atoms with Gasteiger partial charge in [-0.3, -0.25) is 4.79 Å². The first-order valence-corrected chi connectivity index (χ1v) is 10.5. The number of carbonyl (C=O) groups is 1. The maximum absolute atomic E-state index is 14.2. The Kier molecular flexibility index (Phi) is 5.81. The summed E-state index contributed by atoms with van der Waals surface area (Å²) in [5.74, 6) is -1.24. The number of halogens is 2. The zero-order valence-electron chi connectivity index (χ0n) is 16.7. The fourth-order valence-electron chi connectivity index (χ4n) is 3.46. The minimum absolute atomic E-state index is 0.155. The first kappa shape index (κ1) is 20.7. The van der Waals surface area contributed by atoms with Crippen LogP contribution in [0.15, 0.2) is 47.9 Å². The molecule has 158 valence electrons. The van der Waals surface area contributed by atoms with Gasteiger partial charge in [-0.05, 0) is 42.7 Å². The number of nitrogens with one attached hydrogen (secondary N) is 2. The third-order valence-electron chi connectivity index (χ3n) is 5.00. The van der Waals surface area contributed by atoms with Crippen LogP contribution in [0.4, 0.5) is 13.9 Å². The normalized spacial score (nSPS) is 11.5. The van der Waals surface area contributed by atoms with Crippen molar-refractivity contribution in [2.75, 3.05) is 12.3 Å². The van der Waals surface area contributed by atoms with Crippen LogP contribution in [0.3, 0.4) is 0 Å². The summed E-state index contributed by atoms with van der Waals surface area (Å²) in [6, 6.07) is 9.83. The zero-order valence-corrected chi connectivity index (χ0v) is 17.5. The van der Waals surface area contributed by atoms with E-state index in [9.17, 15) is 13.6 Å². The lowest BCUT2D eigenvalue weighted by Gasteiger charge is -2.04. The molecule has 0 radical (unpaired) electrons. The van der Waals surface area contributed by atoms with Gasteiger partial charge in [0.2, 0.25) is 5.91 Å². The molecule has 0 spiro atoms. The minimum atomic E-state index is -0.498. The fraction of sp³-hybridized carbons (Fsp3) is 0.130. The van der Waals surface area contributed by atoms with Crippen LogP contribution in [0.2, 0.25) is 0 Å². The van der Waals surface area contributed by atoms with Crippen molar-refractivity contribution in [3.05, 3.63) is 76.3 Å². The summed E-state index contributed by atoms with van der Waals surface area (Å²) in [6.07, 6.45) is 3.54. The molecule has 4 rings (SSSR count). The van der Waals surface area contributed by atoms with E-state index in [1.54, 1.807) is 13.0 Å². The fourth-order valence-corrected chi connectivity index (χ4v) is 4.03. The predicted octanol–water partition coefficient (Wildman–Crippen LogP) is 4.83. The minimum Gasteiger partial charge on any atom is -0.375 e. The second-order valence-corrected chi connectivity index (χ2v) is 7.96. The topological polar surface area (TPSA) is 83.8 Å². The molecular weight excluding hydrogens is 418 g/mol. The van der Waals surface area contributed by atoms with Crippen molar-refractivity contribution in [2.24, 2.45) is 0 Å². The molecule has 1 amide bonds. The number of thiazole rings is 1. The standard InChI is InChI=1S/C23H20F2N4OS/c1-13-16(21-17(24)7-8-18(25)22(21)28-13)10-11-27-20(30)9-4-14-2-5-15(6-3-14)19-12-31-23(26)29-19/h2-9,12,28H,10-11H2,1H3,(H2,26,29)(H,27,30). The number of amides is 1. The summed E-state index contributed by atoms with van der Waals surface area (Å²) < 4.78 is 28.1. The average Bonchev–Trinajstić information content (AvgIpc) is 3.34. The first-order valence-electron chi connectivity index (χ1n) is 9.65. The monoisotopic (exact) mass is 438 g/mol. The number of anilines is 1. The van der Waals surface area contributed by atoms with Gasteiger partial charge >= 0.3 is 0 Å². The van der Waals surface area contributed by atoms with Crippen molar-refractivity contribution in [1.82, 2.24) is 15.3 Å². The quantitative estimate of drug-likeness (QED) is 0.377. The van der Waals surface area contributed by atoms with Crippen LogP contribution in [0.1, 0.15) is 16.8 Å². The number of hydrogen-bond acceptors (Lipinski definition) is 4. The predicted molar refractivity (Wildman–Crippen MR) is 121 cm³/mol. The lowest BCUT2D eigenvalue weighted by atomic mass is 10.1. The maximum atomic E-state index is 14.2. The molecule has 0 unspecified atom stereocenters. The summed E-state index contributed by atoms with van der Waals surface area (Å²) in [4.78, 5) is 19.3. The molecule has 0 aliphatic heterocycles. The number of benzene rings is 2. The molecule has 4 aromatic rings. The highest BCUT2D eigenvalue weighted by molar-refractivity contribution is 7.13.